The summed E-state index contributed by atoms with van der Waals surface area (Å²) in [4.78, 5) is 14.5. The molecule has 0 radical (unpaired) electrons. The number of piperidine rings is 1. The summed E-state index contributed by atoms with van der Waals surface area (Å²) in [5.41, 5.74) is 0.184. The van der Waals surface area contributed by atoms with E-state index < -0.39 is 5.82 Å². The molecule has 116 valence electrons. The van der Waals surface area contributed by atoms with Crippen LogP contribution < -0.4 is 0 Å². The van der Waals surface area contributed by atoms with Crippen molar-refractivity contribution in [2.45, 2.75) is 32.8 Å². The number of hydrogen-bond acceptors (Lipinski definition) is 3. The van der Waals surface area contributed by atoms with E-state index in [4.69, 9.17) is 0 Å². The fourth-order valence-corrected chi connectivity index (χ4v) is 3.01. The molecule has 0 spiro atoms. The van der Waals surface area contributed by atoms with Gasteiger partial charge in [-0.2, -0.15) is 0 Å². The van der Waals surface area contributed by atoms with Gasteiger partial charge in [0.15, 0.2) is 5.78 Å². The number of benzene rings is 1. The predicted octanol–water partition coefficient (Wildman–Crippen LogP) is 2.74. The highest BCUT2D eigenvalue weighted by molar-refractivity contribution is 5.98. The zero-order chi connectivity index (χ0) is 15.4. The van der Waals surface area contributed by atoms with E-state index in [0.717, 1.165) is 25.9 Å². The van der Waals surface area contributed by atoms with Gasteiger partial charge in [-0.3, -0.25) is 4.79 Å². The Morgan fingerprint density at radius 1 is 1.33 bits per heavy atom. The van der Waals surface area contributed by atoms with Crippen molar-refractivity contribution in [2.24, 2.45) is 11.8 Å². The van der Waals surface area contributed by atoms with Gasteiger partial charge in [0.25, 0.3) is 0 Å². The van der Waals surface area contributed by atoms with E-state index >= 15 is 0 Å². The van der Waals surface area contributed by atoms with E-state index in [1.54, 1.807) is 18.2 Å². The Bertz CT molecular complexity index is 481. The molecule has 1 N–H and O–H groups in total. The van der Waals surface area contributed by atoms with Gasteiger partial charge in [-0.1, -0.05) is 19.1 Å². The minimum atomic E-state index is -0.442. The van der Waals surface area contributed by atoms with Crippen molar-refractivity contribution in [3.05, 3.63) is 35.6 Å². The van der Waals surface area contributed by atoms with Crippen molar-refractivity contribution in [3.63, 3.8) is 0 Å². The second-order valence-electron chi connectivity index (χ2n) is 6.12. The van der Waals surface area contributed by atoms with E-state index in [-0.39, 0.29) is 23.4 Å². The Hall–Kier alpha value is -1.26. The summed E-state index contributed by atoms with van der Waals surface area (Å²) in [5.74, 6) is -0.434. The first-order valence-corrected chi connectivity index (χ1v) is 7.68. The largest absolute Gasteiger partial charge is 0.393 e. The molecular formula is C17H24FNO2. The molecule has 4 heteroatoms. The summed E-state index contributed by atoms with van der Waals surface area (Å²) < 4.78 is 13.7. The molecule has 2 rings (SSSR count). The van der Waals surface area contributed by atoms with Crippen molar-refractivity contribution >= 4 is 5.78 Å². The lowest BCUT2D eigenvalue weighted by atomic mass is 9.91. The van der Waals surface area contributed by atoms with Gasteiger partial charge in [-0.25, -0.2) is 4.39 Å². The first-order chi connectivity index (χ1) is 9.99. The van der Waals surface area contributed by atoms with Crippen molar-refractivity contribution in [1.29, 1.82) is 0 Å². The number of hydrogen-bond donors (Lipinski definition) is 1. The summed E-state index contributed by atoms with van der Waals surface area (Å²) in [6.45, 7) is 6.13. The van der Waals surface area contributed by atoms with Crippen LogP contribution in [-0.4, -0.2) is 41.5 Å². The number of ketones is 1. The van der Waals surface area contributed by atoms with E-state index in [1.165, 1.54) is 6.07 Å². The average Bonchev–Trinajstić information content (AvgIpc) is 2.47. The van der Waals surface area contributed by atoms with Crippen molar-refractivity contribution < 1.29 is 14.3 Å². The van der Waals surface area contributed by atoms with Crippen LogP contribution in [0.2, 0.25) is 0 Å². The Balaban J connectivity index is 1.89. The normalized spacial score (nSPS) is 20.2. The highest BCUT2D eigenvalue weighted by atomic mass is 19.1. The molecule has 1 heterocycles. The molecule has 0 bridgehead atoms. The maximum absolute atomic E-state index is 13.7. The number of halogens is 1. The zero-order valence-electron chi connectivity index (χ0n) is 12.8. The lowest BCUT2D eigenvalue weighted by Gasteiger charge is -2.34. The first kappa shape index (κ1) is 16.1. The molecule has 1 aromatic carbocycles. The Morgan fingerprint density at radius 2 is 1.95 bits per heavy atom. The molecule has 1 aliphatic heterocycles. The van der Waals surface area contributed by atoms with Crippen molar-refractivity contribution in [1.82, 2.24) is 4.90 Å². The fraction of sp³-hybridized carbons (Fsp3) is 0.588. The van der Waals surface area contributed by atoms with Crippen LogP contribution in [0.1, 0.15) is 37.0 Å². The standard InChI is InChI=1S/C17H24FNO2/c1-12(17(21)15-5-3-4-6-16(15)18)11-19-9-7-14(8-10-19)13(2)20/h3-6,12-14,20H,7-11H2,1-2H3. The van der Waals surface area contributed by atoms with Crippen molar-refractivity contribution in [2.75, 3.05) is 19.6 Å². The Kier molecular flexibility index (Phi) is 5.48. The number of Topliss-reactive ketones (excluding diaryl/α,β-unsaturated/α-hetero) is 1. The Morgan fingerprint density at radius 3 is 2.52 bits per heavy atom. The van der Waals surface area contributed by atoms with Crippen LogP contribution in [-0.2, 0) is 0 Å². The topological polar surface area (TPSA) is 40.5 Å². The van der Waals surface area contributed by atoms with Crippen molar-refractivity contribution in [3.8, 4) is 0 Å². The molecule has 0 saturated carbocycles. The lowest BCUT2D eigenvalue weighted by molar-refractivity contribution is 0.0633. The summed E-state index contributed by atoms with van der Waals surface area (Å²) in [5, 5.41) is 9.60. The molecule has 1 saturated heterocycles. The van der Waals surface area contributed by atoms with Crippen LogP contribution in [0.4, 0.5) is 4.39 Å². The van der Waals surface area contributed by atoms with Gasteiger partial charge in [0.1, 0.15) is 5.82 Å². The third kappa shape index (κ3) is 4.11. The van der Waals surface area contributed by atoms with E-state index in [1.807, 2.05) is 13.8 Å². The molecular weight excluding hydrogens is 269 g/mol. The van der Waals surface area contributed by atoms with Gasteiger partial charge < -0.3 is 10.0 Å². The minimum Gasteiger partial charge on any atom is -0.393 e. The molecule has 3 nitrogen and oxygen atoms in total. The second-order valence-corrected chi connectivity index (χ2v) is 6.12. The van der Waals surface area contributed by atoms with Gasteiger partial charge in [0.2, 0.25) is 0 Å². The van der Waals surface area contributed by atoms with E-state index in [0.29, 0.717) is 12.5 Å². The third-order valence-electron chi connectivity index (χ3n) is 4.43. The van der Waals surface area contributed by atoms with Crippen LogP contribution in [0, 0.1) is 17.7 Å². The zero-order valence-corrected chi connectivity index (χ0v) is 12.8. The van der Waals surface area contributed by atoms with Crippen LogP contribution in [0.25, 0.3) is 0 Å². The number of aliphatic hydroxyl groups excluding tert-OH is 1. The maximum atomic E-state index is 13.7. The molecule has 21 heavy (non-hydrogen) atoms. The van der Waals surface area contributed by atoms with Gasteiger partial charge in [-0.15, -0.1) is 0 Å². The maximum Gasteiger partial charge on any atom is 0.169 e. The first-order valence-electron chi connectivity index (χ1n) is 7.68. The SMILES string of the molecule is CC(CN1CCC(C(C)O)CC1)C(=O)c1ccccc1F. The summed E-state index contributed by atoms with van der Waals surface area (Å²) in [6.07, 6.45) is 1.65. The van der Waals surface area contributed by atoms with Gasteiger partial charge in [0.05, 0.1) is 11.7 Å². The van der Waals surface area contributed by atoms with Crippen LogP contribution >= 0.6 is 0 Å². The molecule has 1 aromatic rings. The summed E-state index contributed by atoms with van der Waals surface area (Å²) in [6, 6.07) is 6.16. The van der Waals surface area contributed by atoms with Gasteiger partial charge in [-0.05, 0) is 50.9 Å². The molecule has 0 aromatic heterocycles. The molecule has 0 amide bonds. The molecule has 2 unspecified atom stereocenters. The number of carbonyl (C=O) groups is 1. The molecule has 0 aliphatic carbocycles. The second kappa shape index (κ2) is 7.14. The molecule has 1 aliphatic rings. The van der Waals surface area contributed by atoms with Gasteiger partial charge >= 0.3 is 0 Å². The highest BCUT2D eigenvalue weighted by Crippen LogP contribution is 2.22. The summed E-state index contributed by atoms with van der Waals surface area (Å²) >= 11 is 0. The number of carbonyl (C=O) groups excluding carboxylic acids is 1. The van der Waals surface area contributed by atoms with E-state index in [2.05, 4.69) is 4.90 Å². The number of rotatable bonds is 5. The van der Waals surface area contributed by atoms with Crippen LogP contribution in [0.15, 0.2) is 24.3 Å². The quantitative estimate of drug-likeness (QED) is 0.849. The fourth-order valence-electron chi connectivity index (χ4n) is 3.01. The van der Waals surface area contributed by atoms with E-state index in [9.17, 15) is 14.3 Å². The Labute approximate surface area is 125 Å². The third-order valence-corrected chi connectivity index (χ3v) is 4.43. The smallest absolute Gasteiger partial charge is 0.169 e. The molecule has 1 fully saturated rings. The highest BCUT2D eigenvalue weighted by Gasteiger charge is 2.26. The number of aliphatic hydroxyl groups is 1. The van der Waals surface area contributed by atoms with Crippen LogP contribution in [0.5, 0.6) is 0 Å². The van der Waals surface area contributed by atoms with Gasteiger partial charge in [0, 0.05) is 12.5 Å². The predicted molar refractivity (Wildman–Crippen MR) is 80.7 cm³/mol. The summed E-state index contributed by atoms with van der Waals surface area (Å²) in [7, 11) is 0. The monoisotopic (exact) mass is 293 g/mol. The average molecular weight is 293 g/mol. The van der Waals surface area contributed by atoms with Crippen LogP contribution in [0.3, 0.4) is 0 Å². The molecule has 2 atom stereocenters. The number of nitrogens with zero attached hydrogens (tertiary/aromatic N) is 1. The number of likely N-dealkylation sites (tertiary alicyclic amines) is 1. The minimum absolute atomic E-state index is 0.134. The lowest BCUT2D eigenvalue weighted by Crippen LogP contribution is -2.40.